The van der Waals surface area contributed by atoms with Crippen LogP contribution in [0.5, 0.6) is 5.75 Å². The molecule has 162 valence electrons. The molecule has 9 heteroatoms. The van der Waals surface area contributed by atoms with Crippen molar-refractivity contribution in [2.75, 3.05) is 17.2 Å². The molecule has 6 atom stereocenters. The third-order valence-electron chi connectivity index (χ3n) is 5.59. The Kier molecular flexibility index (Phi) is 5.80. The monoisotopic (exact) mass is 435 g/mol. The molecule has 30 heavy (non-hydrogen) atoms. The van der Waals surface area contributed by atoms with Gasteiger partial charge in [0.05, 0.1) is 5.02 Å². The Bertz CT molecular complexity index is 928. The summed E-state index contributed by atoms with van der Waals surface area (Å²) in [4.78, 5) is 2.14. The van der Waals surface area contributed by atoms with E-state index in [0.717, 1.165) is 30.0 Å². The smallest absolute Gasteiger partial charge is 0.229 e. The quantitative estimate of drug-likeness (QED) is 0.451. The molecule has 2 aromatic carbocycles. The van der Waals surface area contributed by atoms with Gasteiger partial charge >= 0.3 is 0 Å². The van der Waals surface area contributed by atoms with Gasteiger partial charge in [-0.05, 0) is 55.3 Å². The van der Waals surface area contributed by atoms with Crippen LogP contribution >= 0.6 is 11.6 Å². The van der Waals surface area contributed by atoms with Crippen LogP contribution in [0.15, 0.2) is 36.4 Å². The molecule has 0 saturated carbocycles. The Morgan fingerprint density at radius 2 is 1.90 bits per heavy atom. The first-order valence-corrected chi connectivity index (χ1v) is 10.2. The zero-order chi connectivity index (χ0) is 21.6. The average molecular weight is 436 g/mol. The molecular formula is C21H26ClN3O5. The molecular weight excluding hydrogens is 410 g/mol. The van der Waals surface area contributed by atoms with E-state index in [1.54, 1.807) is 19.1 Å². The number of nitrogens with two attached hydrogens (primary N) is 2. The van der Waals surface area contributed by atoms with Crippen LogP contribution in [-0.4, -0.2) is 58.6 Å². The SMILES string of the molecule is CC(N)[C@H]1O[C@H](Oc2ccc(N3CCc4cc(N)ccc43)cc2Cl)C(O)C(O)[C@@H]1O. The van der Waals surface area contributed by atoms with E-state index in [9.17, 15) is 15.3 Å². The summed E-state index contributed by atoms with van der Waals surface area (Å²) in [5.41, 5.74) is 15.6. The molecule has 3 unspecified atom stereocenters. The summed E-state index contributed by atoms with van der Waals surface area (Å²) in [5, 5.41) is 30.8. The van der Waals surface area contributed by atoms with Crippen LogP contribution in [0.25, 0.3) is 0 Å². The van der Waals surface area contributed by atoms with Crippen molar-refractivity contribution in [2.24, 2.45) is 5.73 Å². The van der Waals surface area contributed by atoms with E-state index in [-0.39, 0.29) is 5.75 Å². The lowest BCUT2D eigenvalue weighted by Crippen LogP contribution is -2.62. The lowest BCUT2D eigenvalue weighted by atomic mass is 9.95. The molecule has 0 spiro atoms. The summed E-state index contributed by atoms with van der Waals surface area (Å²) in [6.45, 7) is 2.44. The first kappa shape index (κ1) is 21.2. The van der Waals surface area contributed by atoms with E-state index >= 15 is 0 Å². The summed E-state index contributed by atoms with van der Waals surface area (Å²) in [7, 11) is 0. The molecule has 2 heterocycles. The first-order valence-electron chi connectivity index (χ1n) is 9.83. The standard InChI is InChI=1S/C21H26ClN3O5/c1-10(23)20-18(27)17(26)19(28)21(30-20)29-16-5-3-13(9-14(16)22)25-7-6-11-8-12(24)2-4-15(11)25/h2-5,8-10,17-21,26-28H,6-7,23-24H2,1H3/t10?,17?,18-,19?,20+,21-/m0/s1. The molecule has 1 saturated heterocycles. The fourth-order valence-electron chi connectivity index (χ4n) is 3.97. The molecule has 0 bridgehead atoms. The topological polar surface area (TPSA) is 134 Å². The van der Waals surface area contributed by atoms with Crippen LogP contribution in [0, 0.1) is 0 Å². The van der Waals surface area contributed by atoms with Crippen LogP contribution in [0.1, 0.15) is 12.5 Å². The molecule has 8 nitrogen and oxygen atoms in total. The highest BCUT2D eigenvalue weighted by atomic mass is 35.5. The lowest BCUT2D eigenvalue weighted by molar-refractivity contribution is -0.275. The van der Waals surface area contributed by atoms with Crippen molar-refractivity contribution in [2.45, 2.75) is 50.1 Å². The number of halogens is 1. The van der Waals surface area contributed by atoms with Crippen molar-refractivity contribution in [3.63, 3.8) is 0 Å². The highest BCUT2D eigenvalue weighted by Gasteiger charge is 2.46. The predicted molar refractivity (Wildman–Crippen MR) is 114 cm³/mol. The van der Waals surface area contributed by atoms with Gasteiger partial charge in [0.25, 0.3) is 0 Å². The maximum Gasteiger partial charge on any atom is 0.229 e. The van der Waals surface area contributed by atoms with Gasteiger partial charge in [0.1, 0.15) is 30.2 Å². The predicted octanol–water partition coefficient (Wildman–Crippen LogP) is 1.15. The van der Waals surface area contributed by atoms with Gasteiger partial charge in [-0.2, -0.15) is 0 Å². The van der Waals surface area contributed by atoms with Crippen LogP contribution in [0.2, 0.25) is 5.02 Å². The number of nitrogens with zero attached hydrogens (tertiary/aromatic N) is 1. The molecule has 4 rings (SSSR count). The van der Waals surface area contributed by atoms with Crippen molar-refractivity contribution < 1.29 is 24.8 Å². The van der Waals surface area contributed by atoms with Crippen LogP contribution in [-0.2, 0) is 11.2 Å². The Morgan fingerprint density at radius 3 is 2.60 bits per heavy atom. The Hall–Kier alpha value is -2.07. The van der Waals surface area contributed by atoms with E-state index in [1.165, 1.54) is 5.56 Å². The summed E-state index contributed by atoms with van der Waals surface area (Å²) >= 11 is 6.45. The number of fused-ring (bicyclic) bond motifs is 1. The Morgan fingerprint density at radius 1 is 1.13 bits per heavy atom. The summed E-state index contributed by atoms with van der Waals surface area (Å²) in [6.07, 6.45) is -5.45. The third kappa shape index (κ3) is 3.82. The van der Waals surface area contributed by atoms with Gasteiger partial charge < -0.3 is 41.2 Å². The number of anilines is 3. The number of benzene rings is 2. The highest BCUT2D eigenvalue weighted by Crippen LogP contribution is 2.39. The van der Waals surface area contributed by atoms with Crippen LogP contribution in [0.3, 0.4) is 0 Å². The minimum atomic E-state index is -1.46. The minimum Gasteiger partial charge on any atom is -0.460 e. The van der Waals surface area contributed by atoms with E-state index in [4.69, 9.17) is 32.5 Å². The number of rotatable bonds is 4. The molecule has 0 radical (unpaired) electrons. The molecule has 2 aliphatic rings. The molecule has 7 N–H and O–H groups in total. The molecule has 0 aromatic heterocycles. The first-order chi connectivity index (χ1) is 14.3. The molecule has 0 aliphatic carbocycles. The largest absolute Gasteiger partial charge is 0.460 e. The molecule has 1 fully saturated rings. The fourth-order valence-corrected chi connectivity index (χ4v) is 4.19. The van der Waals surface area contributed by atoms with Gasteiger partial charge in [-0.15, -0.1) is 0 Å². The van der Waals surface area contributed by atoms with Crippen LogP contribution in [0.4, 0.5) is 17.1 Å². The zero-order valence-corrected chi connectivity index (χ0v) is 17.2. The normalized spacial score (nSPS) is 29.5. The zero-order valence-electron chi connectivity index (χ0n) is 16.5. The summed E-state index contributed by atoms with van der Waals surface area (Å²) in [5.74, 6) is 0.285. The number of hydrogen-bond donors (Lipinski definition) is 5. The summed E-state index contributed by atoms with van der Waals surface area (Å²) in [6, 6.07) is 10.6. The maximum absolute atomic E-state index is 10.3. The van der Waals surface area contributed by atoms with Crippen LogP contribution < -0.4 is 21.1 Å². The number of aliphatic hydroxyl groups is 3. The van der Waals surface area contributed by atoms with Gasteiger partial charge in [0, 0.05) is 29.6 Å². The van der Waals surface area contributed by atoms with Crippen molar-refractivity contribution in [3.05, 3.63) is 47.0 Å². The summed E-state index contributed by atoms with van der Waals surface area (Å²) < 4.78 is 11.3. The average Bonchev–Trinajstić information content (AvgIpc) is 3.12. The van der Waals surface area contributed by atoms with Gasteiger partial charge in [0.2, 0.25) is 6.29 Å². The van der Waals surface area contributed by atoms with E-state index in [1.807, 2.05) is 24.3 Å². The number of aliphatic hydroxyl groups excluding tert-OH is 3. The second-order valence-corrected chi connectivity index (χ2v) is 8.23. The Balaban J connectivity index is 1.53. The number of hydrogen-bond acceptors (Lipinski definition) is 8. The second-order valence-electron chi connectivity index (χ2n) is 7.82. The van der Waals surface area contributed by atoms with Crippen molar-refractivity contribution in [1.29, 1.82) is 0 Å². The van der Waals surface area contributed by atoms with Gasteiger partial charge in [-0.1, -0.05) is 11.6 Å². The van der Waals surface area contributed by atoms with Crippen molar-refractivity contribution in [1.82, 2.24) is 0 Å². The highest BCUT2D eigenvalue weighted by molar-refractivity contribution is 6.32. The van der Waals surface area contributed by atoms with Gasteiger partial charge in [-0.3, -0.25) is 0 Å². The van der Waals surface area contributed by atoms with Gasteiger partial charge in [-0.25, -0.2) is 0 Å². The Labute approximate surface area is 179 Å². The minimum absolute atomic E-state index is 0.285. The fraction of sp³-hybridized carbons (Fsp3) is 0.429. The number of nitrogen functional groups attached to an aromatic ring is 1. The maximum atomic E-state index is 10.3. The van der Waals surface area contributed by atoms with Crippen molar-refractivity contribution in [3.8, 4) is 5.75 Å². The molecule has 2 aromatic rings. The van der Waals surface area contributed by atoms with E-state index < -0.39 is 36.7 Å². The van der Waals surface area contributed by atoms with E-state index in [0.29, 0.717) is 5.02 Å². The molecule has 0 amide bonds. The number of ether oxygens (including phenoxy) is 2. The molecule has 2 aliphatic heterocycles. The third-order valence-corrected chi connectivity index (χ3v) is 5.89. The van der Waals surface area contributed by atoms with E-state index in [2.05, 4.69) is 4.90 Å². The van der Waals surface area contributed by atoms with Crippen molar-refractivity contribution >= 4 is 28.7 Å². The lowest BCUT2D eigenvalue weighted by Gasteiger charge is -2.41. The second kappa shape index (κ2) is 8.22. The van der Waals surface area contributed by atoms with Gasteiger partial charge in [0.15, 0.2) is 0 Å².